The molecule has 0 atom stereocenters. The molecule has 0 unspecified atom stereocenters. The van der Waals surface area contributed by atoms with Crippen molar-refractivity contribution in [3.05, 3.63) is 63.7 Å². The van der Waals surface area contributed by atoms with E-state index in [0.717, 1.165) is 4.70 Å². The van der Waals surface area contributed by atoms with Gasteiger partial charge in [0.1, 0.15) is 5.82 Å². The molecule has 18 heavy (non-hydrogen) atoms. The molecular weight excluding hydrogens is 273 g/mol. The van der Waals surface area contributed by atoms with Gasteiger partial charge in [0.05, 0.1) is 15.8 Å². The molecule has 0 aliphatic carbocycles. The summed E-state index contributed by atoms with van der Waals surface area (Å²) in [5.74, 6) is -0.504. The highest BCUT2D eigenvalue weighted by atomic mass is 35.5. The van der Waals surface area contributed by atoms with Gasteiger partial charge in [0.15, 0.2) is 0 Å². The van der Waals surface area contributed by atoms with Gasteiger partial charge in [0, 0.05) is 5.02 Å². The third-order valence-corrected chi connectivity index (χ3v) is 3.95. The molecule has 0 aliphatic rings. The molecule has 3 rings (SSSR count). The lowest BCUT2D eigenvalue weighted by molar-refractivity contribution is 0.620. The summed E-state index contributed by atoms with van der Waals surface area (Å²) < 4.78 is 16.0. The van der Waals surface area contributed by atoms with Gasteiger partial charge in [-0.15, -0.1) is 0 Å². The lowest BCUT2D eigenvalue weighted by atomic mass is 10.3. The molecule has 0 bridgehead atoms. The summed E-state index contributed by atoms with van der Waals surface area (Å²) in [4.78, 5) is 12.1. The third kappa shape index (κ3) is 1.74. The molecular formula is C13H7ClFNOS. The second-order valence-electron chi connectivity index (χ2n) is 3.78. The Labute approximate surface area is 111 Å². The Balaban J connectivity index is 2.32. The fraction of sp³-hybridized carbons (Fsp3) is 0. The van der Waals surface area contributed by atoms with E-state index in [0.29, 0.717) is 10.4 Å². The van der Waals surface area contributed by atoms with Crippen LogP contribution in [0.5, 0.6) is 0 Å². The van der Waals surface area contributed by atoms with Gasteiger partial charge in [-0.1, -0.05) is 35.3 Å². The minimum Gasteiger partial charge on any atom is -0.267 e. The smallest absolute Gasteiger partial charge is 0.267 e. The number of hydrogen-bond donors (Lipinski definition) is 0. The summed E-state index contributed by atoms with van der Waals surface area (Å²) in [5, 5.41) is 0.905. The van der Waals surface area contributed by atoms with Gasteiger partial charge in [-0.25, -0.2) is 8.35 Å². The first-order valence-electron chi connectivity index (χ1n) is 5.23. The highest BCUT2D eigenvalue weighted by Gasteiger charge is 2.12. The zero-order valence-corrected chi connectivity index (χ0v) is 10.6. The van der Waals surface area contributed by atoms with Crippen LogP contribution in [0.2, 0.25) is 5.02 Å². The summed E-state index contributed by atoms with van der Waals surface area (Å²) in [6, 6.07) is 11.5. The topological polar surface area (TPSA) is 22.0 Å². The first-order valence-corrected chi connectivity index (χ1v) is 6.38. The van der Waals surface area contributed by atoms with Crippen molar-refractivity contribution in [2.45, 2.75) is 0 Å². The summed E-state index contributed by atoms with van der Waals surface area (Å²) in [6.07, 6.45) is 0. The lowest BCUT2D eigenvalue weighted by Gasteiger charge is -2.01. The van der Waals surface area contributed by atoms with Crippen LogP contribution in [0.25, 0.3) is 15.8 Å². The van der Waals surface area contributed by atoms with Crippen LogP contribution in [-0.4, -0.2) is 3.96 Å². The average Bonchev–Trinajstić information content (AvgIpc) is 2.68. The summed E-state index contributed by atoms with van der Waals surface area (Å²) in [5.41, 5.74) is 0.0161. The molecule has 5 heteroatoms. The average molecular weight is 280 g/mol. The Morgan fingerprint density at radius 3 is 2.67 bits per heavy atom. The van der Waals surface area contributed by atoms with Crippen molar-refractivity contribution in [2.75, 3.05) is 0 Å². The van der Waals surface area contributed by atoms with E-state index in [1.165, 1.54) is 27.6 Å². The van der Waals surface area contributed by atoms with Crippen LogP contribution < -0.4 is 5.56 Å². The van der Waals surface area contributed by atoms with E-state index in [4.69, 9.17) is 11.6 Å². The number of halogens is 2. The minimum atomic E-state index is -0.504. The second kappa shape index (κ2) is 4.23. The highest BCUT2D eigenvalue weighted by Crippen LogP contribution is 2.23. The maximum absolute atomic E-state index is 13.8. The molecule has 2 aromatic carbocycles. The van der Waals surface area contributed by atoms with Crippen LogP contribution in [-0.2, 0) is 0 Å². The van der Waals surface area contributed by atoms with Gasteiger partial charge < -0.3 is 0 Å². The quantitative estimate of drug-likeness (QED) is 0.663. The Kier molecular flexibility index (Phi) is 2.69. The van der Waals surface area contributed by atoms with Gasteiger partial charge >= 0.3 is 0 Å². The zero-order chi connectivity index (χ0) is 12.7. The Bertz CT molecular complexity index is 793. The molecule has 0 saturated heterocycles. The molecule has 0 fully saturated rings. The maximum Gasteiger partial charge on any atom is 0.273 e. The molecule has 1 heterocycles. The standard InChI is InChI=1S/C13H7ClFNOS/c14-8-5-6-11(10(15)7-8)16-13(17)9-3-1-2-4-12(9)18-16/h1-7H. The second-order valence-corrected chi connectivity index (χ2v) is 5.21. The molecule has 0 amide bonds. The van der Waals surface area contributed by atoms with Crippen molar-refractivity contribution in [3.8, 4) is 5.69 Å². The van der Waals surface area contributed by atoms with Gasteiger partial charge in [-0.3, -0.25) is 4.79 Å². The number of benzene rings is 2. The van der Waals surface area contributed by atoms with E-state index in [2.05, 4.69) is 0 Å². The van der Waals surface area contributed by atoms with Crippen molar-refractivity contribution in [1.29, 1.82) is 0 Å². The van der Waals surface area contributed by atoms with Crippen LogP contribution in [0.15, 0.2) is 47.3 Å². The molecule has 0 radical (unpaired) electrons. The van der Waals surface area contributed by atoms with Crippen LogP contribution in [0.3, 0.4) is 0 Å². The van der Waals surface area contributed by atoms with Gasteiger partial charge in [0.25, 0.3) is 5.56 Å². The van der Waals surface area contributed by atoms with E-state index >= 15 is 0 Å². The summed E-state index contributed by atoms with van der Waals surface area (Å²) in [6.45, 7) is 0. The molecule has 0 spiro atoms. The van der Waals surface area contributed by atoms with E-state index in [-0.39, 0.29) is 11.2 Å². The molecule has 90 valence electrons. The van der Waals surface area contributed by atoms with E-state index < -0.39 is 5.82 Å². The van der Waals surface area contributed by atoms with Gasteiger partial charge in [0.2, 0.25) is 0 Å². The van der Waals surface area contributed by atoms with Crippen LogP contribution in [0.1, 0.15) is 0 Å². The fourth-order valence-electron chi connectivity index (χ4n) is 1.78. The minimum absolute atomic E-state index is 0.211. The number of rotatable bonds is 1. The van der Waals surface area contributed by atoms with Crippen molar-refractivity contribution < 1.29 is 4.39 Å². The molecule has 3 aromatic rings. The molecule has 0 N–H and O–H groups in total. The van der Waals surface area contributed by atoms with E-state index in [9.17, 15) is 9.18 Å². The van der Waals surface area contributed by atoms with Crippen LogP contribution in [0.4, 0.5) is 4.39 Å². The third-order valence-electron chi connectivity index (χ3n) is 2.62. The monoisotopic (exact) mass is 279 g/mol. The summed E-state index contributed by atoms with van der Waals surface area (Å²) >= 11 is 6.92. The highest BCUT2D eigenvalue weighted by molar-refractivity contribution is 7.14. The number of nitrogens with zero attached hydrogens (tertiary/aromatic N) is 1. The zero-order valence-electron chi connectivity index (χ0n) is 9.06. The van der Waals surface area contributed by atoms with Crippen molar-refractivity contribution in [1.82, 2.24) is 3.96 Å². The first kappa shape index (κ1) is 11.4. The van der Waals surface area contributed by atoms with Gasteiger partial charge in [-0.05, 0) is 30.3 Å². The maximum atomic E-state index is 13.8. The van der Waals surface area contributed by atoms with Crippen molar-refractivity contribution >= 4 is 33.2 Å². The van der Waals surface area contributed by atoms with Crippen molar-refractivity contribution in [2.24, 2.45) is 0 Å². The Hall–Kier alpha value is -1.65. The predicted octanol–water partition coefficient (Wildman–Crippen LogP) is 3.84. The Morgan fingerprint density at radius 2 is 1.94 bits per heavy atom. The number of aromatic nitrogens is 1. The molecule has 0 saturated carbocycles. The number of hydrogen-bond acceptors (Lipinski definition) is 2. The SMILES string of the molecule is O=c1c2ccccc2sn1-c1ccc(Cl)cc1F. The molecule has 0 aliphatic heterocycles. The van der Waals surface area contributed by atoms with Gasteiger partial charge in [-0.2, -0.15) is 0 Å². The van der Waals surface area contributed by atoms with Crippen molar-refractivity contribution in [3.63, 3.8) is 0 Å². The predicted molar refractivity (Wildman–Crippen MR) is 72.4 cm³/mol. The Morgan fingerprint density at radius 1 is 1.17 bits per heavy atom. The van der Waals surface area contributed by atoms with E-state index in [1.54, 1.807) is 18.2 Å². The lowest BCUT2D eigenvalue weighted by Crippen LogP contribution is -2.11. The molecule has 1 aromatic heterocycles. The fourth-order valence-corrected chi connectivity index (χ4v) is 2.95. The summed E-state index contributed by atoms with van der Waals surface area (Å²) in [7, 11) is 0. The first-order chi connectivity index (χ1) is 8.66. The molecule has 2 nitrogen and oxygen atoms in total. The largest absolute Gasteiger partial charge is 0.273 e. The van der Waals surface area contributed by atoms with Crippen LogP contribution >= 0.6 is 23.1 Å². The number of fused-ring (bicyclic) bond motifs is 1. The van der Waals surface area contributed by atoms with Crippen LogP contribution in [0, 0.1) is 5.82 Å². The van der Waals surface area contributed by atoms with E-state index in [1.807, 2.05) is 12.1 Å². The normalized spacial score (nSPS) is 11.0.